The molecule has 1 aliphatic rings. The molecule has 0 saturated heterocycles. The number of hydrogen-bond acceptors (Lipinski definition) is 4. The number of urea groups is 1. The van der Waals surface area contributed by atoms with E-state index < -0.39 is 0 Å². The molecule has 144 valence electrons. The minimum absolute atomic E-state index is 0.162. The number of carbonyl (C=O) groups excluding carboxylic acids is 2. The Morgan fingerprint density at radius 1 is 1.15 bits per heavy atom. The van der Waals surface area contributed by atoms with E-state index in [2.05, 4.69) is 29.7 Å². The summed E-state index contributed by atoms with van der Waals surface area (Å²) in [5, 5.41) is 5.41. The van der Waals surface area contributed by atoms with Crippen LogP contribution in [0.25, 0.3) is 0 Å². The summed E-state index contributed by atoms with van der Waals surface area (Å²) < 4.78 is 0. The Morgan fingerprint density at radius 3 is 2.58 bits per heavy atom. The first kappa shape index (κ1) is 20.4. The van der Waals surface area contributed by atoms with Crippen molar-refractivity contribution in [3.05, 3.63) is 35.9 Å². The van der Waals surface area contributed by atoms with Gasteiger partial charge in [-0.25, -0.2) is 4.79 Å². The molecule has 6 heteroatoms. The van der Waals surface area contributed by atoms with Gasteiger partial charge in [0.05, 0.1) is 6.54 Å². The third-order valence-electron chi connectivity index (χ3n) is 5.05. The monoisotopic (exact) mass is 360 g/mol. The van der Waals surface area contributed by atoms with Crippen LogP contribution >= 0.6 is 0 Å². The van der Waals surface area contributed by atoms with E-state index in [0.29, 0.717) is 19.0 Å². The van der Waals surface area contributed by atoms with Crippen molar-refractivity contribution in [3.8, 4) is 0 Å². The Bertz CT molecular complexity index is 564. The topological polar surface area (TPSA) is 87.5 Å². The van der Waals surface area contributed by atoms with E-state index in [1.807, 2.05) is 23.1 Å². The van der Waals surface area contributed by atoms with Crippen LogP contribution in [-0.2, 0) is 11.2 Å². The molecule has 0 radical (unpaired) electrons. The van der Waals surface area contributed by atoms with Gasteiger partial charge in [0.2, 0.25) is 5.91 Å². The summed E-state index contributed by atoms with van der Waals surface area (Å²) in [6, 6.07) is 9.91. The summed E-state index contributed by atoms with van der Waals surface area (Å²) in [4.78, 5) is 26.3. The fourth-order valence-corrected chi connectivity index (χ4v) is 3.49. The zero-order valence-corrected chi connectivity index (χ0v) is 15.7. The molecule has 2 atom stereocenters. The molecular weight excluding hydrogens is 328 g/mol. The SMILES string of the molecule is CC1CCCCC1NC(=O)NC(=O)CN(CCN)CCc1ccccc1. The van der Waals surface area contributed by atoms with E-state index in [1.54, 1.807) is 0 Å². The highest BCUT2D eigenvalue weighted by Gasteiger charge is 2.23. The van der Waals surface area contributed by atoms with Crippen LogP contribution < -0.4 is 16.4 Å². The first-order valence-electron chi connectivity index (χ1n) is 9.65. The van der Waals surface area contributed by atoms with Crippen LogP contribution in [0, 0.1) is 5.92 Å². The zero-order valence-electron chi connectivity index (χ0n) is 15.7. The molecule has 2 unspecified atom stereocenters. The Morgan fingerprint density at radius 2 is 1.88 bits per heavy atom. The zero-order chi connectivity index (χ0) is 18.8. The molecule has 1 fully saturated rings. The lowest BCUT2D eigenvalue weighted by molar-refractivity contribution is -0.121. The summed E-state index contributed by atoms with van der Waals surface area (Å²) >= 11 is 0. The molecule has 6 nitrogen and oxygen atoms in total. The van der Waals surface area contributed by atoms with Crippen LogP contribution in [0.15, 0.2) is 30.3 Å². The number of rotatable bonds is 8. The number of benzene rings is 1. The fourth-order valence-electron chi connectivity index (χ4n) is 3.49. The van der Waals surface area contributed by atoms with Gasteiger partial charge in [0.1, 0.15) is 0 Å². The second-order valence-corrected chi connectivity index (χ2v) is 7.19. The number of nitrogens with two attached hydrogens (primary N) is 1. The largest absolute Gasteiger partial charge is 0.335 e. The standard InChI is InChI=1S/C20H32N4O2/c1-16-7-5-6-10-18(16)22-20(26)23-19(25)15-24(14-12-21)13-11-17-8-3-2-4-9-17/h2-4,8-9,16,18H,5-7,10-15,21H2,1H3,(H2,22,23,25,26). The van der Waals surface area contributed by atoms with E-state index in [4.69, 9.17) is 5.73 Å². The maximum absolute atomic E-state index is 12.2. The van der Waals surface area contributed by atoms with Gasteiger partial charge in [-0.2, -0.15) is 0 Å². The molecule has 0 spiro atoms. The smallest absolute Gasteiger partial charge is 0.321 e. The molecule has 0 bridgehead atoms. The van der Waals surface area contributed by atoms with Crippen molar-refractivity contribution in [2.45, 2.75) is 45.1 Å². The molecule has 1 saturated carbocycles. The highest BCUT2D eigenvalue weighted by molar-refractivity contribution is 5.95. The van der Waals surface area contributed by atoms with Gasteiger partial charge >= 0.3 is 6.03 Å². The van der Waals surface area contributed by atoms with E-state index in [1.165, 1.54) is 12.0 Å². The summed E-state index contributed by atoms with van der Waals surface area (Å²) in [6.45, 7) is 4.17. The molecule has 1 aliphatic carbocycles. The van der Waals surface area contributed by atoms with Crippen molar-refractivity contribution < 1.29 is 9.59 Å². The maximum Gasteiger partial charge on any atom is 0.321 e. The lowest BCUT2D eigenvalue weighted by Crippen LogP contribution is -2.50. The van der Waals surface area contributed by atoms with Gasteiger partial charge < -0.3 is 11.1 Å². The number of imide groups is 1. The predicted molar refractivity (Wildman–Crippen MR) is 104 cm³/mol. The van der Waals surface area contributed by atoms with Crippen LogP contribution in [-0.4, -0.2) is 49.1 Å². The molecule has 0 aliphatic heterocycles. The normalized spacial score (nSPS) is 20.0. The summed E-state index contributed by atoms with van der Waals surface area (Å²) in [5.74, 6) is 0.177. The highest BCUT2D eigenvalue weighted by Crippen LogP contribution is 2.23. The lowest BCUT2D eigenvalue weighted by atomic mass is 9.86. The van der Waals surface area contributed by atoms with Gasteiger partial charge in [-0.1, -0.05) is 50.1 Å². The van der Waals surface area contributed by atoms with Crippen molar-refractivity contribution in [1.82, 2.24) is 15.5 Å². The third-order valence-corrected chi connectivity index (χ3v) is 5.05. The molecule has 0 heterocycles. The highest BCUT2D eigenvalue weighted by atomic mass is 16.2. The summed E-state index contributed by atoms with van der Waals surface area (Å²) in [7, 11) is 0. The van der Waals surface area contributed by atoms with E-state index in [-0.39, 0.29) is 24.5 Å². The summed E-state index contributed by atoms with van der Waals surface area (Å²) in [6.07, 6.45) is 5.31. The quantitative estimate of drug-likeness (QED) is 0.661. The fraction of sp³-hybridized carbons (Fsp3) is 0.600. The van der Waals surface area contributed by atoms with Crippen molar-refractivity contribution in [2.75, 3.05) is 26.2 Å². The first-order chi connectivity index (χ1) is 12.6. The molecule has 3 amide bonds. The lowest BCUT2D eigenvalue weighted by Gasteiger charge is -2.29. The van der Waals surface area contributed by atoms with Gasteiger partial charge in [0.15, 0.2) is 0 Å². The Kier molecular flexibility index (Phi) is 8.58. The molecule has 2 rings (SSSR count). The molecule has 1 aromatic carbocycles. The predicted octanol–water partition coefficient (Wildman–Crippen LogP) is 1.89. The molecule has 1 aromatic rings. The van der Waals surface area contributed by atoms with Gasteiger partial charge in [-0.05, 0) is 30.7 Å². The number of amides is 3. The van der Waals surface area contributed by atoms with E-state index >= 15 is 0 Å². The minimum Gasteiger partial charge on any atom is -0.335 e. The Balaban J connectivity index is 1.76. The second kappa shape index (κ2) is 10.9. The van der Waals surface area contributed by atoms with Crippen LogP contribution in [0.3, 0.4) is 0 Å². The molecule has 26 heavy (non-hydrogen) atoms. The van der Waals surface area contributed by atoms with E-state index in [9.17, 15) is 9.59 Å². The Labute approximate surface area is 156 Å². The number of hydrogen-bond donors (Lipinski definition) is 3. The molecule has 0 aromatic heterocycles. The average Bonchev–Trinajstić information content (AvgIpc) is 2.62. The maximum atomic E-state index is 12.2. The van der Waals surface area contributed by atoms with Crippen LogP contribution in [0.4, 0.5) is 4.79 Å². The van der Waals surface area contributed by atoms with Gasteiger partial charge in [-0.15, -0.1) is 0 Å². The van der Waals surface area contributed by atoms with Crippen molar-refractivity contribution in [1.29, 1.82) is 0 Å². The van der Waals surface area contributed by atoms with Crippen LogP contribution in [0.5, 0.6) is 0 Å². The van der Waals surface area contributed by atoms with E-state index in [0.717, 1.165) is 32.2 Å². The van der Waals surface area contributed by atoms with Gasteiger partial charge in [-0.3, -0.25) is 15.0 Å². The second-order valence-electron chi connectivity index (χ2n) is 7.19. The molecule has 4 N–H and O–H groups in total. The number of nitrogens with zero attached hydrogens (tertiary/aromatic N) is 1. The first-order valence-corrected chi connectivity index (χ1v) is 9.65. The van der Waals surface area contributed by atoms with Crippen LogP contribution in [0.2, 0.25) is 0 Å². The van der Waals surface area contributed by atoms with Crippen LogP contribution in [0.1, 0.15) is 38.2 Å². The average molecular weight is 361 g/mol. The number of carbonyl (C=O) groups is 2. The van der Waals surface area contributed by atoms with Gasteiger partial charge in [0.25, 0.3) is 0 Å². The van der Waals surface area contributed by atoms with Crippen molar-refractivity contribution >= 4 is 11.9 Å². The van der Waals surface area contributed by atoms with Crippen molar-refractivity contribution in [3.63, 3.8) is 0 Å². The minimum atomic E-state index is -0.385. The number of nitrogens with one attached hydrogen (secondary N) is 2. The summed E-state index contributed by atoms with van der Waals surface area (Å²) in [5.41, 5.74) is 6.88. The third kappa shape index (κ3) is 7.14. The van der Waals surface area contributed by atoms with Gasteiger partial charge in [0, 0.05) is 25.7 Å². The Hall–Kier alpha value is -1.92. The molecular formula is C20H32N4O2. The van der Waals surface area contributed by atoms with Crippen molar-refractivity contribution in [2.24, 2.45) is 11.7 Å².